The molecular formula is C36H56B4O8. The third kappa shape index (κ3) is 5.30. The summed E-state index contributed by atoms with van der Waals surface area (Å²) in [6.45, 7) is 33.1. The third-order valence-corrected chi connectivity index (χ3v) is 13.2. The van der Waals surface area contributed by atoms with Gasteiger partial charge in [-0.2, -0.15) is 0 Å². The minimum atomic E-state index is -1.25. The van der Waals surface area contributed by atoms with Gasteiger partial charge < -0.3 is 37.2 Å². The first kappa shape index (κ1) is 36.4. The van der Waals surface area contributed by atoms with E-state index in [0.717, 1.165) is 16.3 Å². The Kier molecular flexibility index (Phi) is 8.22. The van der Waals surface area contributed by atoms with Crippen LogP contribution in [0.25, 0.3) is 10.8 Å². The van der Waals surface area contributed by atoms with Gasteiger partial charge in [-0.3, -0.25) is 0 Å². The molecule has 0 atom stereocenters. The smallest absolute Gasteiger partial charge is 0.403 e. The van der Waals surface area contributed by atoms with Crippen molar-refractivity contribution in [2.75, 3.05) is 0 Å². The van der Waals surface area contributed by atoms with Crippen LogP contribution in [0.1, 0.15) is 116 Å². The van der Waals surface area contributed by atoms with Crippen LogP contribution in [0.15, 0.2) is 42.5 Å². The van der Waals surface area contributed by atoms with Crippen molar-refractivity contribution in [1.82, 2.24) is 0 Å². The predicted molar refractivity (Wildman–Crippen MR) is 194 cm³/mol. The largest absolute Gasteiger partial charge is 0.466 e. The summed E-state index contributed by atoms with van der Waals surface area (Å²) in [6.07, 6.45) is 0. The van der Waals surface area contributed by atoms with Crippen LogP contribution < -0.4 is 0 Å². The summed E-state index contributed by atoms with van der Waals surface area (Å²) in [4.78, 5) is 0. The number of hydrogen-bond acceptors (Lipinski definition) is 8. The quantitative estimate of drug-likeness (QED) is 0.297. The maximum atomic E-state index is 7.15. The lowest BCUT2D eigenvalue weighted by Crippen LogP contribution is -2.67. The van der Waals surface area contributed by atoms with Crippen LogP contribution in [-0.4, -0.2) is 73.3 Å². The van der Waals surface area contributed by atoms with E-state index in [-0.39, 0.29) is 0 Å². The van der Waals surface area contributed by atoms with Crippen molar-refractivity contribution in [2.24, 2.45) is 0 Å². The van der Waals surface area contributed by atoms with Crippen LogP contribution in [-0.2, 0) is 42.4 Å². The molecule has 0 aromatic heterocycles. The first-order chi connectivity index (χ1) is 21.7. The van der Waals surface area contributed by atoms with E-state index in [9.17, 15) is 0 Å². The number of hydrogen-bond donors (Lipinski definition) is 0. The zero-order valence-electron chi connectivity index (χ0n) is 32.2. The lowest BCUT2D eigenvalue weighted by Gasteiger charge is -2.44. The second-order valence-corrected chi connectivity index (χ2v) is 18.4. The fourth-order valence-electron chi connectivity index (χ4n) is 7.07. The zero-order chi connectivity index (χ0) is 35.7. The van der Waals surface area contributed by atoms with E-state index < -0.39 is 84.2 Å². The van der Waals surface area contributed by atoms with E-state index in [1.165, 1.54) is 0 Å². The summed E-state index contributed by atoms with van der Waals surface area (Å²) in [7, 11) is -3.42. The Balaban J connectivity index is 1.71. The molecule has 2 aromatic rings. The zero-order valence-corrected chi connectivity index (χ0v) is 32.2. The molecule has 4 aliphatic heterocycles. The molecule has 12 heteroatoms. The maximum absolute atomic E-state index is 7.15. The highest BCUT2D eigenvalue weighted by Gasteiger charge is 2.79. The molecule has 6 rings (SSSR count). The molecule has 4 saturated heterocycles. The average Bonchev–Trinajstić information content (AvgIpc) is 3.46. The molecule has 4 aliphatic rings. The molecule has 8 nitrogen and oxygen atoms in total. The van der Waals surface area contributed by atoms with Gasteiger partial charge in [-0.15, -0.1) is 0 Å². The topological polar surface area (TPSA) is 73.8 Å². The molecule has 260 valence electrons. The molecule has 4 fully saturated rings. The van der Waals surface area contributed by atoms with E-state index in [1.54, 1.807) is 0 Å². The highest BCUT2D eigenvalue weighted by molar-refractivity contribution is 6.81. The van der Waals surface area contributed by atoms with E-state index in [4.69, 9.17) is 37.2 Å². The Morgan fingerprint density at radius 2 is 0.729 bits per heavy atom. The van der Waals surface area contributed by atoms with Crippen molar-refractivity contribution in [3.05, 3.63) is 48.0 Å². The van der Waals surface area contributed by atoms with Gasteiger partial charge in [0.1, 0.15) is 0 Å². The standard InChI is InChI=1S/C36H56B4O8/c1-28(2)29(3,4)42-37(41-28)27(38-43-30(5,6)31(7,8)44-38)36(39-45-32(9,10)33(11,12)46-39,40-47-34(13,14)35(15,16)48-40)26-22-21-24-19-17-18-20-25(24)23-26/h17-23,27H,1-16H3. The van der Waals surface area contributed by atoms with Crippen LogP contribution in [0.4, 0.5) is 0 Å². The van der Waals surface area contributed by atoms with Crippen LogP contribution in [0.3, 0.4) is 0 Å². The average molecular weight is 660 g/mol. The normalized spacial score (nSPS) is 27.9. The van der Waals surface area contributed by atoms with Crippen LogP contribution in [0.2, 0.25) is 5.72 Å². The van der Waals surface area contributed by atoms with Gasteiger partial charge in [0.15, 0.2) is 0 Å². The van der Waals surface area contributed by atoms with Gasteiger partial charge >= 0.3 is 28.5 Å². The minimum absolute atomic E-state index is 0.652. The van der Waals surface area contributed by atoms with Crippen LogP contribution in [0, 0.1) is 0 Å². The van der Waals surface area contributed by atoms with Gasteiger partial charge in [0, 0.05) is 5.72 Å². The predicted octanol–water partition coefficient (Wildman–Crippen LogP) is 7.43. The number of rotatable bonds is 6. The Labute approximate surface area is 290 Å². The lowest BCUT2D eigenvalue weighted by atomic mass is 9.22. The second-order valence-electron chi connectivity index (χ2n) is 18.4. The molecule has 0 aliphatic carbocycles. The molecule has 0 unspecified atom stereocenters. The van der Waals surface area contributed by atoms with Crippen molar-refractivity contribution in [3.8, 4) is 0 Å². The van der Waals surface area contributed by atoms with Gasteiger partial charge in [-0.05, 0) is 127 Å². The van der Waals surface area contributed by atoms with Crippen molar-refractivity contribution in [2.45, 2.75) is 167 Å². The van der Waals surface area contributed by atoms with E-state index in [2.05, 4.69) is 153 Å². The molecule has 0 bridgehead atoms. The molecule has 48 heavy (non-hydrogen) atoms. The molecule has 0 saturated carbocycles. The first-order valence-electron chi connectivity index (χ1n) is 17.6. The Morgan fingerprint density at radius 1 is 0.417 bits per heavy atom. The SMILES string of the molecule is CC1(C)OB(C(B2OC(C)(C)C(C)(C)O2)C(B2OC(C)(C)C(C)(C)O2)(B2OC(C)(C)C(C)(C)O2)c2ccc3ccccc3c2)OC1(C)C. The summed E-state index contributed by atoms with van der Waals surface area (Å²) in [5, 5.41) is 0.928. The highest BCUT2D eigenvalue weighted by atomic mass is 16.7. The van der Waals surface area contributed by atoms with E-state index in [0.29, 0.717) is 0 Å². The fourth-order valence-corrected chi connectivity index (χ4v) is 7.07. The fraction of sp³-hybridized carbons (Fsp3) is 0.722. The molecule has 2 aromatic carbocycles. The van der Waals surface area contributed by atoms with Gasteiger partial charge in [0.25, 0.3) is 0 Å². The van der Waals surface area contributed by atoms with Gasteiger partial charge in [0.2, 0.25) is 0 Å². The van der Waals surface area contributed by atoms with E-state index >= 15 is 0 Å². The molecular weight excluding hydrogens is 604 g/mol. The highest BCUT2D eigenvalue weighted by Crippen LogP contribution is 2.59. The Bertz CT molecular complexity index is 1430. The van der Waals surface area contributed by atoms with Crippen LogP contribution in [0.5, 0.6) is 0 Å². The van der Waals surface area contributed by atoms with Crippen LogP contribution >= 0.6 is 0 Å². The molecule has 0 N–H and O–H groups in total. The first-order valence-corrected chi connectivity index (χ1v) is 17.6. The number of benzene rings is 2. The molecule has 4 heterocycles. The maximum Gasteiger partial charge on any atom is 0.466 e. The van der Waals surface area contributed by atoms with E-state index in [1.807, 2.05) is 0 Å². The van der Waals surface area contributed by atoms with Crippen molar-refractivity contribution >= 4 is 39.2 Å². The van der Waals surface area contributed by atoms with Gasteiger partial charge in [-0.25, -0.2) is 0 Å². The summed E-state index contributed by atoms with van der Waals surface area (Å²) in [5.41, 5.74) is -5.14. The van der Waals surface area contributed by atoms with Gasteiger partial charge in [-0.1, -0.05) is 42.5 Å². The van der Waals surface area contributed by atoms with Crippen molar-refractivity contribution in [1.29, 1.82) is 0 Å². The lowest BCUT2D eigenvalue weighted by molar-refractivity contribution is 0.00578. The van der Waals surface area contributed by atoms with Gasteiger partial charge in [0.05, 0.1) is 50.0 Å². The third-order valence-electron chi connectivity index (χ3n) is 13.2. The van der Waals surface area contributed by atoms with Crippen molar-refractivity contribution < 1.29 is 37.2 Å². The molecule has 0 amide bonds. The summed E-state index contributed by atoms with van der Waals surface area (Å²) in [5.74, 6) is 0. The Morgan fingerprint density at radius 3 is 1.08 bits per heavy atom. The molecule has 0 spiro atoms. The number of fused-ring (bicyclic) bond motifs is 1. The molecule has 0 radical (unpaired) electrons. The second kappa shape index (κ2) is 10.8. The summed E-state index contributed by atoms with van der Waals surface area (Å²) >= 11 is 0. The summed E-state index contributed by atoms with van der Waals surface area (Å²) < 4.78 is 56.6. The minimum Gasteiger partial charge on any atom is -0.403 e. The summed E-state index contributed by atoms with van der Waals surface area (Å²) in [6, 6.07) is 14.8. The van der Waals surface area contributed by atoms with Crippen molar-refractivity contribution in [3.63, 3.8) is 0 Å². The monoisotopic (exact) mass is 660 g/mol. The Hall–Kier alpha value is -1.36.